The number of carbonyl (C=O) groups is 2. The van der Waals surface area contributed by atoms with Crippen molar-refractivity contribution in [3.63, 3.8) is 0 Å². The van der Waals surface area contributed by atoms with Crippen LogP contribution in [-0.4, -0.2) is 59.9 Å². The lowest BCUT2D eigenvalue weighted by molar-refractivity contribution is -0.126. The Kier molecular flexibility index (Phi) is 7.08. The lowest BCUT2D eigenvalue weighted by Gasteiger charge is -2.33. The SMILES string of the molecule is COc1ccccc1-c1ccc(C(=O)N2CC(=N)CC2C(=O)N[C@@H]2CCCCC2CO)cc1. The molecule has 1 aliphatic carbocycles. The van der Waals surface area contributed by atoms with Gasteiger partial charge >= 0.3 is 0 Å². The second kappa shape index (κ2) is 10.2. The standard InChI is InChI=1S/C26H31N3O4/c1-33-24-9-5-3-7-21(24)17-10-12-18(13-11-17)26(32)29-15-20(27)14-23(29)25(31)28-22-8-4-2-6-19(22)16-30/h3,5,7,9-13,19,22-23,27,30H,2,4,6,8,14-16H2,1H3,(H,28,31)/t19?,22-,23?/m1/s1. The summed E-state index contributed by atoms with van der Waals surface area (Å²) in [5, 5.41) is 20.8. The number of nitrogens with one attached hydrogen (secondary N) is 2. The Balaban J connectivity index is 1.49. The zero-order chi connectivity index (χ0) is 23.4. The third-order valence-corrected chi connectivity index (χ3v) is 6.76. The van der Waals surface area contributed by atoms with Crippen LogP contribution in [0.15, 0.2) is 48.5 Å². The first-order chi connectivity index (χ1) is 16.0. The Morgan fingerprint density at radius 3 is 2.58 bits per heavy atom. The maximum absolute atomic E-state index is 13.3. The van der Waals surface area contributed by atoms with E-state index >= 15 is 0 Å². The van der Waals surface area contributed by atoms with Gasteiger partial charge in [0.2, 0.25) is 5.91 Å². The number of carbonyl (C=O) groups excluding carboxylic acids is 2. The molecule has 0 aromatic heterocycles. The van der Waals surface area contributed by atoms with E-state index in [1.807, 2.05) is 36.4 Å². The van der Waals surface area contributed by atoms with Crippen LogP contribution in [0.25, 0.3) is 11.1 Å². The summed E-state index contributed by atoms with van der Waals surface area (Å²) in [5.74, 6) is 0.313. The molecule has 0 radical (unpaired) electrons. The zero-order valence-corrected chi connectivity index (χ0v) is 18.9. The smallest absolute Gasteiger partial charge is 0.254 e. The fourth-order valence-electron chi connectivity index (χ4n) is 4.91. The van der Waals surface area contributed by atoms with Gasteiger partial charge < -0.3 is 25.5 Å². The zero-order valence-electron chi connectivity index (χ0n) is 18.9. The van der Waals surface area contributed by atoms with E-state index in [1.54, 1.807) is 19.2 Å². The second-order valence-electron chi connectivity index (χ2n) is 8.88. The number of amides is 2. The van der Waals surface area contributed by atoms with E-state index in [1.165, 1.54) is 4.90 Å². The topological polar surface area (TPSA) is 103 Å². The molecule has 2 unspecified atom stereocenters. The molecule has 174 valence electrons. The first kappa shape index (κ1) is 23.0. The summed E-state index contributed by atoms with van der Waals surface area (Å²) < 4.78 is 5.43. The van der Waals surface area contributed by atoms with E-state index in [9.17, 15) is 14.7 Å². The van der Waals surface area contributed by atoms with E-state index in [0.717, 1.165) is 42.6 Å². The first-order valence-corrected chi connectivity index (χ1v) is 11.5. The monoisotopic (exact) mass is 449 g/mol. The number of likely N-dealkylation sites (tertiary alicyclic amines) is 1. The van der Waals surface area contributed by atoms with Gasteiger partial charge in [-0.15, -0.1) is 0 Å². The average Bonchev–Trinajstić information content (AvgIpc) is 3.25. The number of benzene rings is 2. The maximum atomic E-state index is 13.3. The second-order valence-corrected chi connectivity index (χ2v) is 8.88. The molecule has 1 saturated heterocycles. The van der Waals surface area contributed by atoms with Crippen molar-refractivity contribution in [1.29, 1.82) is 5.41 Å². The maximum Gasteiger partial charge on any atom is 0.254 e. The molecule has 7 heteroatoms. The van der Waals surface area contributed by atoms with Crippen molar-refractivity contribution >= 4 is 17.5 Å². The van der Waals surface area contributed by atoms with Gasteiger partial charge in [-0.1, -0.05) is 43.2 Å². The van der Waals surface area contributed by atoms with Crippen molar-refractivity contribution in [2.24, 2.45) is 5.92 Å². The summed E-state index contributed by atoms with van der Waals surface area (Å²) in [6.45, 7) is 0.200. The fraction of sp³-hybridized carbons (Fsp3) is 0.423. The Labute approximate surface area is 194 Å². The summed E-state index contributed by atoms with van der Waals surface area (Å²) in [5.41, 5.74) is 2.72. The highest BCUT2D eigenvalue weighted by Gasteiger charge is 2.39. The highest BCUT2D eigenvalue weighted by Crippen LogP contribution is 2.30. The van der Waals surface area contributed by atoms with Gasteiger partial charge in [-0.05, 0) is 36.6 Å². The molecule has 33 heavy (non-hydrogen) atoms. The number of para-hydroxylation sites is 1. The molecule has 1 saturated carbocycles. The van der Waals surface area contributed by atoms with Crippen LogP contribution in [0.2, 0.25) is 0 Å². The van der Waals surface area contributed by atoms with Crippen LogP contribution in [0.5, 0.6) is 5.75 Å². The molecule has 1 heterocycles. The number of rotatable bonds is 6. The molecule has 3 atom stereocenters. The molecule has 2 aromatic rings. The van der Waals surface area contributed by atoms with Gasteiger partial charge in [0.25, 0.3) is 5.91 Å². The van der Waals surface area contributed by atoms with Gasteiger partial charge in [0.1, 0.15) is 11.8 Å². The predicted molar refractivity (Wildman–Crippen MR) is 127 cm³/mol. The average molecular weight is 450 g/mol. The highest BCUT2D eigenvalue weighted by atomic mass is 16.5. The lowest BCUT2D eigenvalue weighted by atomic mass is 9.85. The number of nitrogens with zero attached hydrogens (tertiary/aromatic N) is 1. The van der Waals surface area contributed by atoms with Gasteiger partial charge in [0, 0.05) is 41.8 Å². The van der Waals surface area contributed by atoms with E-state index in [0.29, 0.717) is 11.3 Å². The molecular weight excluding hydrogens is 418 g/mol. The summed E-state index contributed by atoms with van der Waals surface area (Å²) in [7, 11) is 1.63. The fourth-order valence-corrected chi connectivity index (χ4v) is 4.91. The largest absolute Gasteiger partial charge is 0.496 e. The Bertz CT molecular complexity index is 1020. The van der Waals surface area contributed by atoms with Crippen LogP contribution in [0.1, 0.15) is 42.5 Å². The van der Waals surface area contributed by atoms with E-state index in [2.05, 4.69) is 5.32 Å². The van der Waals surface area contributed by atoms with Crippen molar-refractivity contribution in [2.45, 2.75) is 44.2 Å². The van der Waals surface area contributed by atoms with E-state index in [4.69, 9.17) is 10.1 Å². The van der Waals surface area contributed by atoms with Crippen LogP contribution in [0.3, 0.4) is 0 Å². The van der Waals surface area contributed by atoms with Gasteiger partial charge in [0.05, 0.1) is 13.7 Å². The highest BCUT2D eigenvalue weighted by molar-refractivity contribution is 6.04. The molecule has 1 aliphatic heterocycles. The quantitative estimate of drug-likeness (QED) is 0.630. The van der Waals surface area contributed by atoms with Gasteiger partial charge in [0.15, 0.2) is 0 Å². The van der Waals surface area contributed by atoms with Gasteiger partial charge in [-0.3, -0.25) is 9.59 Å². The minimum Gasteiger partial charge on any atom is -0.496 e. The molecule has 2 fully saturated rings. The molecule has 7 nitrogen and oxygen atoms in total. The van der Waals surface area contributed by atoms with Crippen LogP contribution in [0, 0.1) is 11.3 Å². The molecule has 2 aromatic carbocycles. The predicted octanol–water partition coefficient (Wildman–Crippen LogP) is 3.26. The molecule has 3 N–H and O–H groups in total. The number of hydrogen-bond acceptors (Lipinski definition) is 5. The van der Waals surface area contributed by atoms with Crippen LogP contribution < -0.4 is 10.1 Å². The lowest BCUT2D eigenvalue weighted by Crippen LogP contribution is -2.51. The molecule has 0 spiro atoms. The number of aliphatic hydroxyl groups is 1. The van der Waals surface area contributed by atoms with Crippen LogP contribution in [-0.2, 0) is 4.79 Å². The van der Waals surface area contributed by atoms with Crippen LogP contribution in [0.4, 0.5) is 0 Å². The number of ether oxygens (including phenoxy) is 1. The van der Waals surface area contributed by atoms with Crippen molar-refractivity contribution in [1.82, 2.24) is 10.2 Å². The van der Waals surface area contributed by atoms with Crippen LogP contribution >= 0.6 is 0 Å². The minimum absolute atomic E-state index is 0.0482. The normalized spacial score (nSPS) is 22.8. The van der Waals surface area contributed by atoms with Crippen molar-refractivity contribution < 1.29 is 19.4 Å². The number of methoxy groups -OCH3 is 1. The third-order valence-electron chi connectivity index (χ3n) is 6.76. The summed E-state index contributed by atoms with van der Waals surface area (Å²) in [6.07, 6.45) is 4.04. The number of aliphatic hydroxyl groups excluding tert-OH is 1. The molecule has 2 aliphatic rings. The summed E-state index contributed by atoms with van der Waals surface area (Å²) in [6, 6.07) is 14.2. The molecular formula is C26H31N3O4. The first-order valence-electron chi connectivity index (χ1n) is 11.5. The van der Waals surface area contributed by atoms with Crippen molar-refractivity contribution in [3.8, 4) is 16.9 Å². The van der Waals surface area contributed by atoms with Gasteiger partial charge in [-0.25, -0.2) is 0 Å². The summed E-state index contributed by atoms with van der Waals surface area (Å²) >= 11 is 0. The van der Waals surface area contributed by atoms with E-state index < -0.39 is 6.04 Å². The molecule has 4 rings (SSSR count). The Morgan fingerprint density at radius 2 is 1.85 bits per heavy atom. The summed E-state index contributed by atoms with van der Waals surface area (Å²) in [4.78, 5) is 27.8. The Hall–Kier alpha value is -3.19. The molecule has 0 bridgehead atoms. The molecule has 2 amide bonds. The van der Waals surface area contributed by atoms with Crippen molar-refractivity contribution in [3.05, 3.63) is 54.1 Å². The van der Waals surface area contributed by atoms with Crippen molar-refractivity contribution in [2.75, 3.05) is 20.3 Å². The Morgan fingerprint density at radius 1 is 1.12 bits per heavy atom. The third kappa shape index (κ3) is 4.93. The van der Waals surface area contributed by atoms with E-state index in [-0.39, 0.29) is 43.3 Å². The minimum atomic E-state index is -0.694. The number of hydrogen-bond donors (Lipinski definition) is 3. The van der Waals surface area contributed by atoms with Gasteiger partial charge in [-0.2, -0.15) is 0 Å².